The first-order valence-electron chi connectivity index (χ1n) is 5.83. The van der Waals surface area contributed by atoms with Crippen molar-refractivity contribution in [2.75, 3.05) is 11.4 Å². The molecule has 18 heavy (non-hydrogen) atoms. The zero-order chi connectivity index (χ0) is 13.3. The van der Waals surface area contributed by atoms with Crippen LogP contribution in [0.25, 0.3) is 0 Å². The zero-order valence-corrected chi connectivity index (χ0v) is 10.8. The Morgan fingerprint density at radius 3 is 2.72 bits per heavy atom. The molecule has 96 valence electrons. The average molecular weight is 268 g/mol. The van der Waals surface area contributed by atoms with Gasteiger partial charge in [0.15, 0.2) is 0 Å². The molecule has 1 N–H and O–H groups in total. The molecule has 4 nitrogen and oxygen atoms in total. The van der Waals surface area contributed by atoms with Crippen molar-refractivity contribution in [2.45, 2.75) is 25.7 Å². The smallest absolute Gasteiger partial charge is 0.310 e. The molecule has 5 heteroatoms. The molecule has 1 unspecified atom stereocenters. The van der Waals surface area contributed by atoms with Crippen molar-refractivity contribution in [3.05, 3.63) is 28.8 Å². The summed E-state index contributed by atoms with van der Waals surface area (Å²) >= 11 is 6.14. The first-order chi connectivity index (χ1) is 8.50. The van der Waals surface area contributed by atoms with E-state index in [1.807, 2.05) is 0 Å². The maximum absolute atomic E-state index is 11.6. The lowest BCUT2D eigenvalue weighted by Crippen LogP contribution is -2.24. The zero-order valence-electron chi connectivity index (χ0n) is 10.0. The van der Waals surface area contributed by atoms with E-state index >= 15 is 0 Å². The molecule has 0 aromatic heterocycles. The number of anilines is 1. The van der Waals surface area contributed by atoms with E-state index in [2.05, 4.69) is 0 Å². The number of rotatable bonds is 3. The number of hydrogen-bond acceptors (Lipinski definition) is 2. The molecule has 2 rings (SSSR count). The number of aliphatic carboxylic acids is 1. The Labute approximate surface area is 110 Å². The monoisotopic (exact) mass is 267 g/mol. The summed E-state index contributed by atoms with van der Waals surface area (Å²) in [7, 11) is 0. The number of halogens is 1. The third kappa shape index (κ3) is 2.34. The highest BCUT2D eigenvalue weighted by molar-refractivity contribution is 6.34. The molecule has 1 heterocycles. The van der Waals surface area contributed by atoms with Crippen molar-refractivity contribution in [1.29, 1.82) is 0 Å². The Morgan fingerprint density at radius 2 is 2.22 bits per heavy atom. The predicted octanol–water partition coefficient (Wildman–Crippen LogP) is 2.65. The second-order valence-electron chi connectivity index (χ2n) is 4.42. The Balaban J connectivity index is 2.30. The van der Waals surface area contributed by atoms with E-state index in [4.69, 9.17) is 16.7 Å². The summed E-state index contributed by atoms with van der Waals surface area (Å²) in [6, 6.07) is 5.06. The standard InChI is InChI=1S/C13H14ClNO3/c1-8(13(17)18)9-4-5-11(10(14)7-9)15-6-2-3-12(15)16/h4-5,7-8H,2-3,6H2,1H3,(H,17,18). The number of benzene rings is 1. The van der Waals surface area contributed by atoms with Crippen molar-refractivity contribution < 1.29 is 14.7 Å². The molecule has 1 fully saturated rings. The lowest BCUT2D eigenvalue weighted by molar-refractivity contribution is -0.138. The lowest BCUT2D eigenvalue weighted by Gasteiger charge is -2.18. The van der Waals surface area contributed by atoms with Crippen LogP contribution >= 0.6 is 11.6 Å². The number of carbonyl (C=O) groups is 2. The van der Waals surface area contributed by atoms with Gasteiger partial charge in [0.2, 0.25) is 5.91 Å². The molecule has 0 radical (unpaired) electrons. The molecule has 1 aromatic rings. The van der Waals surface area contributed by atoms with Gasteiger partial charge in [0.05, 0.1) is 16.6 Å². The Kier molecular flexibility index (Phi) is 3.57. The van der Waals surface area contributed by atoms with Gasteiger partial charge < -0.3 is 10.0 Å². The van der Waals surface area contributed by atoms with Gasteiger partial charge in [-0.15, -0.1) is 0 Å². The van der Waals surface area contributed by atoms with Crippen LogP contribution in [0.1, 0.15) is 31.2 Å². The van der Waals surface area contributed by atoms with E-state index in [1.54, 1.807) is 30.0 Å². The second kappa shape index (κ2) is 4.98. The quantitative estimate of drug-likeness (QED) is 0.916. The molecule has 1 saturated heterocycles. The third-order valence-corrected chi connectivity index (χ3v) is 3.51. The lowest BCUT2D eigenvalue weighted by atomic mass is 10.0. The van der Waals surface area contributed by atoms with Crippen LogP contribution in [0.3, 0.4) is 0 Å². The molecule has 1 atom stereocenters. The Hall–Kier alpha value is -1.55. The van der Waals surface area contributed by atoms with Crippen LogP contribution in [0.4, 0.5) is 5.69 Å². The molecule has 1 aromatic carbocycles. The minimum Gasteiger partial charge on any atom is -0.481 e. The summed E-state index contributed by atoms with van der Waals surface area (Å²) < 4.78 is 0. The largest absolute Gasteiger partial charge is 0.481 e. The molecule has 1 aliphatic heterocycles. The minimum atomic E-state index is -0.893. The minimum absolute atomic E-state index is 0.0657. The molecule has 1 amide bonds. The molecule has 1 aliphatic rings. The normalized spacial score (nSPS) is 17.0. The predicted molar refractivity (Wildman–Crippen MR) is 69.1 cm³/mol. The topological polar surface area (TPSA) is 57.6 Å². The number of carboxylic acids is 1. The van der Waals surface area contributed by atoms with Gasteiger partial charge in [0.1, 0.15) is 0 Å². The van der Waals surface area contributed by atoms with E-state index < -0.39 is 11.9 Å². The van der Waals surface area contributed by atoms with Gasteiger partial charge in [-0.1, -0.05) is 17.7 Å². The van der Waals surface area contributed by atoms with Crippen molar-refractivity contribution in [3.8, 4) is 0 Å². The first-order valence-corrected chi connectivity index (χ1v) is 6.21. The fraction of sp³-hybridized carbons (Fsp3) is 0.385. The second-order valence-corrected chi connectivity index (χ2v) is 4.83. The molecule has 0 saturated carbocycles. The summed E-state index contributed by atoms with van der Waals surface area (Å²) in [5.74, 6) is -1.43. The molecule has 0 aliphatic carbocycles. The highest BCUT2D eigenvalue weighted by Crippen LogP contribution is 2.32. The van der Waals surface area contributed by atoms with Crippen LogP contribution in [0.2, 0.25) is 5.02 Å². The summed E-state index contributed by atoms with van der Waals surface area (Å²) in [4.78, 5) is 24.2. The van der Waals surface area contributed by atoms with Crippen molar-refractivity contribution in [3.63, 3.8) is 0 Å². The summed E-state index contributed by atoms with van der Waals surface area (Å²) in [5.41, 5.74) is 1.31. The Bertz CT molecular complexity index is 501. The Morgan fingerprint density at radius 1 is 1.50 bits per heavy atom. The van der Waals surface area contributed by atoms with Crippen LogP contribution in [-0.4, -0.2) is 23.5 Å². The SMILES string of the molecule is CC(C(=O)O)c1ccc(N2CCCC2=O)c(Cl)c1. The molecular weight excluding hydrogens is 254 g/mol. The van der Waals surface area contributed by atoms with Crippen molar-refractivity contribution in [1.82, 2.24) is 0 Å². The van der Waals surface area contributed by atoms with Gasteiger partial charge in [0.25, 0.3) is 0 Å². The van der Waals surface area contributed by atoms with Gasteiger partial charge >= 0.3 is 5.97 Å². The molecule has 0 spiro atoms. The highest BCUT2D eigenvalue weighted by atomic mass is 35.5. The van der Waals surface area contributed by atoms with Gasteiger partial charge in [-0.05, 0) is 31.0 Å². The summed E-state index contributed by atoms with van der Waals surface area (Å²) in [6.45, 7) is 2.28. The van der Waals surface area contributed by atoms with Crippen LogP contribution in [0.15, 0.2) is 18.2 Å². The first kappa shape index (κ1) is 12.9. The fourth-order valence-electron chi connectivity index (χ4n) is 2.06. The number of carboxylic acid groups (broad SMARTS) is 1. The van der Waals surface area contributed by atoms with E-state index in [9.17, 15) is 9.59 Å². The van der Waals surface area contributed by atoms with Crippen molar-refractivity contribution in [2.24, 2.45) is 0 Å². The van der Waals surface area contributed by atoms with E-state index in [0.717, 1.165) is 6.42 Å². The summed E-state index contributed by atoms with van der Waals surface area (Å²) in [5, 5.41) is 9.37. The summed E-state index contributed by atoms with van der Waals surface area (Å²) in [6.07, 6.45) is 1.38. The van der Waals surface area contributed by atoms with Gasteiger partial charge in [0, 0.05) is 13.0 Å². The van der Waals surface area contributed by atoms with Gasteiger partial charge in [-0.25, -0.2) is 0 Å². The molecule has 0 bridgehead atoms. The fourth-order valence-corrected chi connectivity index (χ4v) is 2.35. The maximum atomic E-state index is 11.6. The van der Waals surface area contributed by atoms with Crippen LogP contribution in [0.5, 0.6) is 0 Å². The number of carbonyl (C=O) groups excluding carboxylic acids is 1. The molecular formula is C13H14ClNO3. The third-order valence-electron chi connectivity index (χ3n) is 3.21. The van der Waals surface area contributed by atoms with Crippen LogP contribution in [-0.2, 0) is 9.59 Å². The van der Waals surface area contributed by atoms with E-state index in [0.29, 0.717) is 29.2 Å². The maximum Gasteiger partial charge on any atom is 0.310 e. The number of hydrogen-bond donors (Lipinski definition) is 1. The van der Waals surface area contributed by atoms with Crippen LogP contribution in [0, 0.1) is 0 Å². The van der Waals surface area contributed by atoms with E-state index in [1.165, 1.54) is 0 Å². The van der Waals surface area contributed by atoms with Crippen molar-refractivity contribution >= 4 is 29.2 Å². The number of amides is 1. The van der Waals surface area contributed by atoms with Crippen LogP contribution < -0.4 is 4.90 Å². The van der Waals surface area contributed by atoms with Gasteiger partial charge in [-0.3, -0.25) is 9.59 Å². The highest BCUT2D eigenvalue weighted by Gasteiger charge is 2.24. The number of nitrogens with zero attached hydrogens (tertiary/aromatic N) is 1. The average Bonchev–Trinajstić information content (AvgIpc) is 2.74. The van der Waals surface area contributed by atoms with E-state index in [-0.39, 0.29) is 5.91 Å². The van der Waals surface area contributed by atoms with Gasteiger partial charge in [-0.2, -0.15) is 0 Å².